The maximum atomic E-state index is 12.8. The minimum Gasteiger partial charge on any atom is -0.355 e. The predicted octanol–water partition coefficient (Wildman–Crippen LogP) is 4.55. The molecule has 1 aliphatic carbocycles. The lowest BCUT2D eigenvalue weighted by atomic mass is 9.87. The third-order valence-corrected chi connectivity index (χ3v) is 5.26. The molecule has 4 heteroatoms. The molecular weight excluding hydrogens is 360 g/mol. The molecule has 29 heavy (non-hydrogen) atoms. The monoisotopic (exact) mass is 390 g/mol. The molecule has 0 aliphatic heterocycles. The van der Waals surface area contributed by atoms with E-state index in [-0.39, 0.29) is 17.2 Å². The molecule has 4 nitrogen and oxygen atoms in total. The van der Waals surface area contributed by atoms with E-state index in [0.29, 0.717) is 18.2 Å². The van der Waals surface area contributed by atoms with Crippen LogP contribution in [0.15, 0.2) is 54.6 Å². The second kappa shape index (κ2) is 8.64. The largest absolute Gasteiger partial charge is 0.355 e. The van der Waals surface area contributed by atoms with Gasteiger partial charge in [-0.05, 0) is 53.2 Å². The first kappa shape index (κ1) is 20.8. The zero-order valence-corrected chi connectivity index (χ0v) is 17.7. The Kier molecular flexibility index (Phi) is 6.21. The summed E-state index contributed by atoms with van der Waals surface area (Å²) >= 11 is 0. The van der Waals surface area contributed by atoms with Crippen molar-refractivity contribution in [2.45, 2.75) is 51.6 Å². The van der Waals surface area contributed by atoms with Crippen LogP contribution in [0.3, 0.4) is 0 Å². The van der Waals surface area contributed by atoms with E-state index in [0.717, 1.165) is 24.0 Å². The highest BCUT2D eigenvalue weighted by Crippen LogP contribution is 2.29. The van der Waals surface area contributed by atoms with E-state index in [9.17, 15) is 9.59 Å². The van der Waals surface area contributed by atoms with Gasteiger partial charge in [0.1, 0.15) is 0 Å². The molecule has 2 aromatic rings. The smallest absolute Gasteiger partial charge is 0.251 e. The van der Waals surface area contributed by atoms with Crippen molar-refractivity contribution in [2.75, 3.05) is 7.05 Å². The third kappa shape index (κ3) is 5.57. The predicted molar refractivity (Wildman–Crippen MR) is 118 cm³/mol. The van der Waals surface area contributed by atoms with Gasteiger partial charge in [0, 0.05) is 31.3 Å². The van der Waals surface area contributed by atoms with E-state index < -0.39 is 0 Å². The van der Waals surface area contributed by atoms with Crippen LogP contribution < -0.4 is 5.32 Å². The van der Waals surface area contributed by atoms with Gasteiger partial charge in [-0.3, -0.25) is 9.59 Å². The molecule has 0 aromatic heterocycles. The molecule has 1 fully saturated rings. The molecule has 3 rings (SSSR count). The summed E-state index contributed by atoms with van der Waals surface area (Å²) in [5, 5.41) is 2.62. The van der Waals surface area contributed by atoms with Crippen molar-refractivity contribution in [3.05, 3.63) is 76.9 Å². The van der Waals surface area contributed by atoms with Crippen LogP contribution in [0.1, 0.15) is 60.7 Å². The van der Waals surface area contributed by atoms with Crippen molar-refractivity contribution in [3.63, 3.8) is 0 Å². The normalized spacial score (nSPS) is 14.1. The molecule has 152 valence electrons. The van der Waals surface area contributed by atoms with Crippen LogP contribution in [0.4, 0.5) is 0 Å². The first-order chi connectivity index (χ1) is 13.8. The van der Waals surface area contributed by atoms with Crippen LogP contribution in [-0.4, -0.2) is 29.8 Å². The SMILES string of the molecule is CNC(=O)c1ccc(CN(C(=O)/C=C/c2ccc(C(C)(C)C)cc2)C2CC2)cc1. The lowest BCUT2D eigenvalue weighted by Crippen LogP contribution is -2.31. The summed E-state index contributed by atoms with van der Waals surface area (Å²) in [5.41, 5.74) is 4.08. The molecule has 1 aliphatic rings. The van der Waals surface area contributed by atoms with Crippen LogP contribution in [0.25, 0.3) is 6.08 Å². The van der Waals surface area contributed by atoms with Crippen molar-refractivity contribution >= 4 is 17.9 Å². The van der Waals surface area contributed by atoms with Crippen molar-refractivity contribution in [2.24, 2.45) is 0 Å². The standard InChI is InChI=1S/C25H30N2O2/c1-25(2,3)21-12-7-18(8-13-21)9-16-23(28)27(22-14-15-22)17-19-5-10-20(11-6-19)24(29)26-4/h5-13,16,22H,14-15,17H2,1-4H3,(H,26,29)/b16-9+. The number of rotatable bonds is 6. The number of nitrogens with zero attached hydrogens (tertiary/aromatic N) is 1. The summed E-state index contributed by atoms with van der Waals surface area (Å²) in [7, 11) is 1.62. The zero-order chi connectivity index (χ0) is 21.0. The van der Waals surface area contributed by atoms with E-state index in [2.05, 4.69) is 50.4 Å². The van der Waals surface area contributed by atoms with Gasteiger partial charge in [0.25, 0.3) is 5.91 Å². The Labute approximate surface area is 173 Å². The van der Waals surface area contributed by atoms with Gasteiger partial charge in [0.05, 0.1) is 0 Å². The summed E-state index contributed by atoms with van der Waals surface area (Å²) in [6.07, 6.45) is 5.66. The molecule has 2 aromatic carbocycles. The molecule has 0 saturated heterocycles. The summed E-state index contributed by atoms with van der Waals surface area (Å²) < 4.78 is 0. The Morgan fingerprint density at radius 2 is 1.66 bits per heavy atom. The number of benzene rings is 2. The lowest BCUT2D eigenvalue weighted by molar-refractivity contribution is -0.127. The lowest BCUT2D eigenvalue weighted by Gasteiger charge is -2.21. The first-order valence-corrected chi connectivity index (χ1v) is 10.2. The van der Waals surface area contributed by atoms with Crippen LogP contribution in [0, 0.1) is 0 Å². The summed E-state index contributed by atoms with van der Waals surface area (Å²) in [5.74, 6) is -0.0742. The van der Waals surface area contributed by atoms with Gasteiger partial charge < -0.3 is 10.2 Å². The molecule has 0 unspecified atom stereocenters. The third-order valence-electron chi connectivity index (χ3n) is 5.26. The van der Waals surface area contributed by atoms with E-state index in [1.54, 1.807) is 25.3 Å². The van der Waals surface area contributed by atoms with Gasteiger partial charge in [0.2, 0.25) is 5.91 Å². The first-order valence-electron chi connectivity index (χ1n) is 10.2. The van der Waals surface area contributed by atoms with E-state index >= 15 is 0 Å². The minimum atomic E-state index is -0.105. The van der Waals surface area contributed by atoms with Crippen LogP contribution in [0.5, 0.6) is 0 Å². The van der Waals surface area contributed by atoms with Gasteiger partial charge in [-0.2, -0.15) is 0 Å². The minimum absolute atomic E-state index is 0.0303. The Hall–Kier alpha value is -2.88. The Morgan fingerprint density at radius 3 is 2.17 bits per heavy atom. The maximum absolute atomic E-state index is 12.8. The van der Waals surface area contributed by atoms with Gasteiger partial charge in [-0.25, -0.2) is 0 Å². The second-order valence-corrected chi connectivity index (χ2v) is 8.68. The van der Waals surface area contributed by atoms with E-state index in [4.69, 9.17) is 0 Å². The topological polar surface area (TPSA) is 49.4 Å². The van der Waals surface area contributed by atoms with Crippen LogP contribution in [-0.2, 0) is 16.8 Å². The molecule has 0 radical (unpaired) electrons. The van der Waals surface area contributed by atoms with Gasteiger partial charge in [0.15, 0.2) is 0 Å². The summed E-state index contributed by atoms with van der Waals surface area (Å²) in [6, 6.07) is 16.1. The highest BCUT2D eigenvalue weighted by molar-refractivity contribution is 5.94. The van der Waals surface area contributed by atoms with Crippen molar-refractivity contribution in [3.8, 4) is 0 Å². The second-order valence-electron chi connectivity index (χ2n) is 8.68. The fraction of sp³-hybridized carbons (Fsp3) is 0.360. The number of nitrogens with one attached hydrogen (secondary N) is 1. The molecular formula is C25H30N2O2. The van der Waals surface area contributed by atoms with Gasteiger partial charge in [-0.15, -0.1) is 0 Å². The van der Waals surface area contributed by atoms with E-state index in [1.165, 1.54) is 5.56 Å². The molecule has 0 atom stereocenters. The average Bonchev–Trinajstić information content (AvgIpc) is 3.55. The Morgan fingerprint density at radius 1 is 1.03 bits per heavy atom. The maximum Gasteiger partial charge on any atom is 0.251 e. The van der Waals surface area contributed by atoms with E-state index in [1.807, 2.05) is 23.1 Å². The van der Waals surface area contributed by atoms with Crippen molar-refractivity contribution in [1.82, 2.24) is 10.2 Å². The molecule has 1 N–H and O–H groups in total. The van der Waals surface area contributed by atoms with Gasteiger partial charge >= 0.3 is 0 Å². The molecule has 0 heterocycles. The molecule has 2 amide bonds. The summed E-state index contributed by atoms with van der Waals surface area (Å²) in [4.78, 5) is 26.4. The van der Waals surface area contributed by atoms with Gasteiger partial charge in [-0.1, -0.05) is 57.2 Å². The highest BCUT2D eigenvalue weighted by atomic mass is 16.2. The van der Waals surface area contributed by atoms with Crippen molar-refractivity contribution < 1.29 is 9.59 Å². The van der Waals surface area contributed by atoms with Crippen LogP contribution >= 0.6 is 0 Å². The number of hydrogen-bond donors (Lipinski definition) is 1. The highest BCUT2D eigenvalue weighted by Gasteiger charge is 2.31. The molecule has 0 bridgehead atoms. The fourth-order valence-electron chi connectivity index (χ4n) is 3.23. The van der Waals surface area contributed by atoms with Crippen LogP contribution in [0.2, 0.25) is 0 Å². The Balaban J connectivity index is 1.67. The Bertz CT molecular complexity index is 886. The van der Waals surface area contributed by atoms with Crippen molar-refractivity contribution in [1.29, 1.82) is 0 Å². The number of carbonyl (C=O) groups excluding carboxylic acids is 2. The molecule has 1 saturated carbocycles. The number of hydrogen-bond acceptors (Lipinski definition) is 2. The quantitative estimate of drug-likeness (QED) is 0.736. The number of carbonyl (C=O) groups is 2. The average molecular weight is 391 g/mol. The number of amides is 2. The zero-order valence-electron chi connectivity index (χ0n) is 17.7. The summed E-state index contributed by atoms with van der Waals surface area (Å²) in [6.45, 7) is 7.13. The molecule has 0 spiro atoms. The fourth-order valence-corrected chi connectivity index (χ4v) is 3.23.